The first-order valence-corrected chi connectivity index (χ1v) is 8.21. The number of aromatic nitrogens is 1. The average molecular weight is 340 g/mol. The standard InChI is InChI=1S/C15H22BrN3O/c1-18-9-12(16)8-13(18)14(20)19-7-3-5-15(11-19)4-2-6-17-10-15/h8-9,17H,2-7,10-11H2,1H3. The van der Waals surface area contributed by atoms with E-state index in [0.717, 1.165) is 42.8 Å². The summed E-state index contributed by atoms with van der Waals surface area (Å²) in [5, 5.41) is 3.51. The van der Waals surface area contributed by atoms with Crippen molar-refractivity contribution in [1.82, 2.24) is 14.8 Å². The van der Waals surface area contributed by atoms with Gasteiger partial charge in [-0.2, -0.15) is 0 Å². The summed E-state index contributed by atoms with van der Waals surface area (Å²) in [6, 6.07) is 1.92. The van der Waals surface area contributed by atoms with Crippen molar-refractivity contribution in [2.75, 3.05) is 26.2 Å². The Morgan fingerprint density at radius 3 is 2.85 bits per heavy atom. The zero-order chi connectivity index (χ0) is 14.2. The van der Waals surface area contributed by atoms with Gasteiger partial charge in [0.1, 0.15) is 5.69 Å². The van der Waals surface area contributed by atoms with Crippen LogP contribution in [0.1, 0.15) is 36.2 Å². The van der Waals surface area contributed by atoms with E-state index in [1.807, 2.05) is 23.9 Å². The van der Waals surface area contributed by atoms with E-state index in [2.05, 4.69) is 26.1 Å². The number of carbonyl (C=O) groups is 1. The molecule has 2 saturated heterocycles. The van der Waals surface area contributed by atoms with Crippen molar-refractivity contribution in [3.05, 3.63) is 22.4 Å². The first-order chi connectivity index (χ1) is 9.60. The van der Waals surface area contributed by atoms with Gasteiger partial charge in [-0.05, 0) is 54.2 Å². The van der Waals surface area contributed by atoms with E-state index in [-0.39, 0.29) is 5.91 Å². The second-order valence-electron chi connectivity index (χ2n) is 6.27. The summed E-state index contributed by atoms with van der Waals surface area (Å²) in [5.74, 6) is 0.169. The van der Waals surface area contributed by atoms with Crippen LogP contribution in [0, 0.1) is 5.41 Å². The van der Waals surface area contributed by atoms with Crippen LogP contribution in [0.25, 0.3) is 0 Å². The first-order valence-electron chi connectivity index (χ1n) is 7.42. The van der Waals surface area contributed by atoms with Gasteiger partial charge >= 0.3 is 0 Å². The Morgan fingerprint density at radius 2 is 2.20 bits per heavy atom. The van der Waals surface area contributed by atoms with Gasteiger partial charge in [0.15, 0.2) is 0 Å². The number of piperidine rings is 2. The Morgan fingerprint density at radius 1 is 1.40 bits per heavy atom. The third-order valence-corrected chi connectivity index (χ3v) is 5.13. The van der Waals surface area contributed by atoms with E-state index in [0.29, 0.717) is 5.41 Å². The molecule has 4 nitrogen and oxygen atoms in total. The Kier molecular flexibility index (Phi) is 3.91. The largest absolute Gasteiger partial charge is 0.345 e. The lowest BCUT2D eigenvalue weighted by Crippen LogP contribution is -2.52. The minimum absolute atomic E-state index is 0.169. The van der Waals surface area contributed by atoms with E-state index >= 15 is 0 Å². The van der Waals surface area contributed by atoms with E-state index < -0.39 is 0 Å². The third-order valence-electron chi connectivity index (χ3n) is 4.70. The van der Waals surface area contributed by atoms with Gasteiger partial charge in [0.05, 0.1) is 0 Å². The summed E-state index contributed by atoms with van der Waals surface area (Å²) >= 11 is 3.44. The fourth-order valence-electron chi connectivity index (χ4n) is 3.66. The molecule has 0 aliphatic carbocycles. The number of nitrogens with zero attached hydrogens (tertiary/aromatic N) is 2. The highest BCUT2D eigenvalue weighted by Gasteiger charge is 2.38. The predicted molar refractivity (Wildman–Crippen MR) is 82.8 cm³/mol. The summed E-state index contributed by atoms with van der Waals surface area (Å²) in [4.78, 5) is 14.8. The topological polar surface area (TPSA) is 37.3 Å². The molecule has 1 amide bonds. The van der Waals surface area contributed by atoms with Crippen molar-refractivity contribution in [2.24, 2.45) is 12.5 Å². The molecule has 0 aromatic carbocycles. The molecule has 1 unspecified atom stereocenters. The van der Waals surface area contributed by atoms with Gasteiger partial charge in [-0.1, -0.05) is 0 Å². The second-order valence-corrected chi connectivity index (χ2v) is 7.18. The average Bonchev–Trinajstić information content (AvgIpc) is 2.78. The molecule has 2 aliphatic rings. The number of hydrogen-bond acceptors (Lipinski definition) is 2. The maximum Gasteiger partial charge on any atom is 0.270 e. The number of carbonyl (C=O) groups excluding carboxylic acids is 1. The van der Waals surface area contributed by atoms with Crippen molar-refractivity contribution in [3.63, 3.8) is 0 Å². The Bertz CT molecular complexity index is 500. The molecule has 110 valence electrons. The number of halogens is 1. The molecular weight excluding hydrogens is 318 g/mol. The zero-order valence-electron chi connectivity index (χ0n) is 12.0. The molecule has 2 aliphatic heterocycles. The number of aryl methyl sites for hydroxylation is 1. The van der Waals surface area contributed by atoms with Crippen molar-refractivity contribution >= 4 is 21.8 Å². The first kappa shape index (κ1) is 14.1. The van der Waals surface area contributed by atoms with Gasteiger partial charge in [-0.15, -0.1) is 0 Å². The minimum Gasteiger partial charge on any atom is -0.345 e. The molecule has 0 bridgehead atoms. The summed E-state index contributed by atoms with van der Waals surface area (Å²) in [7, 11) is 1.93. The number of amides is 1. The van der Waals surface area contributed by atoms with Crippen LogP contribution in [0.3, 0.4) is 0 Å². The fourth-order valence-corrected chi connectivity index (χ4v) is 4.18. The van der Waals surface area contributed by atoms with Gasteiger partial charge < -0.3 is 14.8 Å². The zero-order valence-corrected chi connectivity index (χ0v) is 13.6. The van der Waals surface area contributed by atoms with Crippen LogP contribution >= 0.6 is 15.9 Å². The number of hydrogen-bond donors (Lipinski definition) is 1. The van der Waals surface area contributed by atoms with Crippen molar-refractivity contribution in [1.29, 1.82) is 0 Å². The molecule has 1 atom stereocenters. The van der Waals surface area contributed by atoms with Gasteiger partial charge in [-0.25, -0.2) is 0 Å². The van der Waals surface area contributed by atoms with Crippen molar-refractivity contribution < 1.29 is 4.79 Å². The predicted octanol–water partition coefficient (Wildman–Crippen LogP) is 2.39. The highest BCUT2D eigenvalue weighted by molar-refractivity contribution is 9.10. The van der Waals surface area contributed by atoms with Crippen LogP contribution in [0.2, 0.25) is 0 Å². The molecule has 1 aromatic heterocycles. The summed E-state index contributed by atoms with van der Waals surface area (Å²) < 4.78 is 2.88. The molecule has 1 aromatic rings. The van der Waals surface area contributed by atoms with Crippen LogP contribution in [0.4, 0.5) is 0 Å². The molecular formula is C15H22BrN3O. The Hall–Kier alpha value is -0.810. The Labute approximate surface area is 128 Å². The van der Waals surface area contributed by atoms with E-state index in [9.17, 15) is 4.79 Å². The molecule has 0 radical (unpaired) electrons. The fraction of sp³-hybridized carbons (Fsp3) is 0.667. The lowest BCUT2D eigenvalue weighted by molar-refractivity contribution is 0.0426. The number of likely N-dealkylation sites (tertiary alicyclic amines) is 1. The van der Waals surface area contributed by atoms with Crippen LogP contribution in [-0.4, -0.2) is 41.6 Å². The maximum atomic E-state index is 12.7. The summed E-state index contributed by atoms with van der Waals surface area (Å²) in [6.07, 6.45) is 6.80. The van der Waals surface area contributed by atoms with Crippen LogP contribution in [-0.2, 0) is 7.05 Å². The molecule has 20 heavy (non-hydrogen) atoms. The Balaban J connectivity index is 1.76. The second kappa shape index (κ2) is 5.53. The molecule has 3 heterocycles. The number of rotatable bonds is 1. The maximum absolute atomic E-state index is 12.7. The van der Waals surface area contributed by atoms with Gasteiger partial charge in [-0.3, -0.25) is 4.79 Å². The van der Waals surface area contributed by atoms with Gasteiger partial charge in [0.2, 0.25) is 0 Å². The lowest BCUT2D eigenvalue weighted by atomic mass is 9.74. The summed E-state index contributed by atoms with van der Waals surface area (Å²) in [5.41, 5.74) is 1.09. The van der Waals surface area contributed by atoms with Crippen LogP contribution in [0.15, 0.2) is 16.7 Å². The monoisotopic (exact) mass is 339 g/mol. The van der Waals surface area contributed by atoms with Crippen molar-refractivity contribution in [3.8, 4) is 0 Å². The highest BCUT2D eigenvalue weighted by atomic mass is 79.9. The third kappa shape index (κ3) is 2.66. The van der Waals surface area contributed by atoms with Gasteiger partial charge in [0, 0.05) is 42.8 Å². The van der Waals surface area contributed by atoms with E-state index in [4.69, 9.17) is 0 Å². The van der Waals surface area contributed by atoms with Gasteiger partial charge in [0.25, 0.3) is 5.91 Å². The molecule has 0 saturated carbocycles. The van der Waals surface area contributed by atoms with Crippen LogP contribution in [0.5, 0.6) is 0 Å². The molecule has 3 rings (SSSR count). The molecule has 1 spiro atoms. The van der Waals surface area contributed by atoms with Crippen molar-refractivity contribution in [2.45, 2.75) is 25.7 Å². The lowest BCUT2D eigenvalue weighted by Gasteiger charge is -2.45. The molecule has 5 heteroatoms. The quantitative estimate of drug-likeness (QED) is 0.852. The molecule has 1 N–H and O–H groups in total. The normalized spacial score (nSPS) is 27.0. The SMILES string of the molecule is Cn1cc(Br)cc1C(=O)N1CCCC2(CCCNC2)C1. The summed E-state index contributed by atoms with van der Waals surface area (Å²) in [6.45, 7) is 3.99. The smallest absolute Gasteiger partial charge is 0.270 e. The number of nitrogens with one attached hydrogen (secondary N) is 1. The minimum atomic E-state index is 0.169. The molecule has 2 fully saturated rings. The highest BCUT2D eigenvalue weighted by Crippen LogP contribution is 2.36. The van der Waals surface area contributed by atoms with E-state index in [1.165, 1.54) is 19.3 Å². The van der Waals surface area contributed by atoms with E-state index in [1.54, 1.807) is 0 Å². The van der Waals surface area contributed by atoms with Crippen LogP contribution < -0.4 is 5.32 Å².